The van der Waals surface area contributed by atoms with E-state index in [9.17, 15) is 9.59 Å². The van der Waals surface area contributed by atoms with Crippen LogP contribution in [0.5, 0.6) is 0 Å². The molecule has 0 atom stereocenters. The number of anilines is 1. The first kappa shape index (κ1) is 15.3. The van der Waals surface area contributed by atoms with Gasteiger partial charge in [0.15, 0.2) is 0 Å². The van der Waals surface area contributed by atoms with Gasteiger partial charge < -0.3 is 15.8 Å². The third-order valence-corrected chi connectivity index (χ3v) is 3.11. The van der Waals surface area contributed by atoms with Gasteiger partial charge in [-0.15, -0.1) is 11.8 Å². The summed E-state index contributed by atoms with van der Waals surface area (Å²) in [5.41, 5.74) is 6.23. The van der Waals surface area contributed by atoms with Gasteiger partial charge in [-0.25, -0.2) is 4.79 Å². The molecule has 0 aliphatic carbocycles. The number of ether oxygens (including phenoxy) is 1. The SMILES string of the molecule is COCCNC(=O)NC(=O)CSc1ccc(N)cc1. The van der Waals surface area contributed by atoms with Gasteiger partial charge in [-0.05, 0) is 24.3 Å². The Bertz CT molecular complexity index is 423. The smallest absolute Gasteiger partial charge is 0.321 e. The number of carbonyl (C=O) groups is 2. The zero-order valence-corrected chi connectivity index (χ0v) is 11.5. The fourth-order valence-electron chi connectivity index (χ4n) is 1.19. The van der Waals surface area contributed by atoms with Crippen LogP contribution in [0.3, 0.4) is 0 Å². The predicted molar refractivity (Wildman–Crippen MR) is 75.0 cm³/mol. The van der Waals surface area contributed by atoms with E-state index in [0.29, 0.717) is 18.8 Å². The molecule has 1 aromatic rings. The fourth-order valence-corrected chi connectivity index (χ4v) is 1.88. The highest BCUT2D eigenvalue weighted by Crippen LogP contribution is 2.18. The highest BCUT2D eigenvalue weighted by Gasteiger charge is 2.07. The molecule has 0 aromatic heterocycles. The molecule has 0 saturated carbocycles. The third-order valence-electron chi connectivity index (χ3n) is 2.09. The third kappa shape index (κ3) is 6.68. The number of carbonyl (C=O) groups excluding carboxylic acids is 2. The van der Waals surface area contributed by atoms with Gasteiger partial charge >= 0.3 is 6.03 Å². The van der Waals surface area contributed by atoms with E-state index in [0.717, 1.165) is 4.90 Å². The fraction of sp³-hybridized carbons (Fsp3) is 0.333. The monoisotopic (exact) mass is 283 g/mol. The normalized spacial score (nSPS) is 9.95. The summed E-state index contributed by atoms with van der Waals surface area (Å²) in [4.78, 5) is 23.7. The van der Waals surface area contributed by atoms with Gasteiger partial charge in [0.05, 0.1) is 12.4 Å². The van der Waals surface area contributed by atoms with Crippen LogP contribution in [0.4, 0.5) is 10.5 Å². The maximum absolute atomic E-state index is 11.5. The lowest BCUT2D eigenvalue weighted by Crippen LogP contribution is -2.41. The van der Waals surface area contributed by atoms with Crippen LogP contribution in [-0.2, 0) is 9.53 Å². The molecule has 0 spiro atoms. The first-order chi connectivity index (χ1) is 9.11. The number of hydrogen-bond donors (Lipinski definition) is 3. The lowest BCUT2D eigenvalue weighted by atomic mass is 10.3. The van der Waals surface area contributed by atoms with E-state index in [-0.39, 0.29) is 11.7 Å². The molecule has 1 aromatic carbocycles. The molecule has 0 bridgehead atoms. The Morgan fingerprint density at radius 2 is 2.00 bits per heavy atom. The van der Waals surface area contributed by atoms with E-state index in [4.69, 9.17) is 10.5 Å². The van der Waals surface area contributed by atoms with E-state index < -0.39 is 6.03 Å². The summed E-state index contributed by atoms with van der Waals surface area (Å²) < 4.78 is 4.77. The van der Waals surface area contributed by atoms with Crippen molar-refractivity contribution in [3.8, 4) is 0 Å². The van der Waals surface area contributed by atoms with E-state index >= 15 is 0 Å². The van der Waals surface area contributed by atoms with Crippen LogP contribution >= 0.6 is 11.8 Å². The standard InChI is InChI=1S/C12H17N3O3S/c1-18-7-6-14-12(17)15-11(16)8-19-10-4-2-9(13)3-5-10/h2-5H,6-8,13H2,1H3,(H2,14,15,16,17). The summed E-state index contributed by atoms with van der Waals surface area (Å²) in [5, 5.41) is 4.73. The van der Waals surface area contributed by atoms with Gasteiger partial charge in [-0.3, -0.25) is 10.1 Å². The predicted octanol–water partition coefficient (Wildman–Crippen LogP) is 0.833. The molecule has 6 nitrogen and oxygen atoms in total. The summed E-state index contributed by atoms with van der Waals surface area (Å²) in [5.74, 6) is -0.182. The molecule has 0 unspecified atom stereocenters. The van der Waals surface area contributed by atoms with Crippen molar-refractivity contribution in [1.82, 2.24) is 10.6 Å². The number of urea groups is 1. The summed E-state index contributed by atoms with van der Waals surface area (Å²) >= 11 is 1.34. The molecule has 19 heavy (non-hydrogen) atoms. The summed E-state index contributed by atoms with van der Waals surface area (Å²) in [6, 6.07) is 6.66. The van der Waals surface area contributed by atoms with Crippen molar-refractivity contribution in [3.63, 3.8) is 0 Å². The second kappa shape index (κ2) is 8.39. The van der Waals surface area contributed by atoms with Crippen molar-refractivity contribution in [2.45, 2.75) is 4.90 Å². The Balaban J connectivity index is 2.24. The summed E-state index contributed by atoms with van der Waals surface area (Å²) in [6.45, 7) is 0.766. The quantitative estimate of drug-likeness (QED) is 0.408. The lowest BCUT2D eigenvalue weighted by Gasteiger charge is -2.06. The van der Waals surface area contributed by atoms with Gasteiger partial charge in [0.2, 0.25) is 5.91 Å². The Morgan fingerprint density at radius 3 is 2.63 bits per heavy atom. The summed E-state index contributed by atoms with van der Waals surface area (Å²) in [6.07, 6.45) is 0. The maximum Gasteiger partial charge on any atom is 0.321 e. The van der Waals surface area contributed by atoms with Crippen LogP contribution in [0.15, 0.2) is 29.2 Å². The molecule has 0 radical (unpaired) electrons. The minimum absolute atomic E-state index is 0.168. The molecule has 0 heterocycles. The summed E-state index contributed by atoms with van der Waals surface area (Å²) in [7, 11) is 1.54. The number of hydrogen-bond acceptors (Lipinski definition) is 5. The molecular formula is C12H17N3O3S. The van der Waals surface area contributed by atoms with Crippen LogP contribution in [0.1, 0.15) is 0 Å². The number of thioether (sulfide) groups is 1. The van der Waals surface area contributed by atoms with Crippen molar-refractivity contribution in [2.75, 3.05) is 31.7 Å². The average Bonchev–Trinajstić information content (AvgIpc) is 2.38. The molecule has 0 fully saturated rings. The molecule has 4 N–H and O–H groups in total. The van der Waals surface area contributed by atoms with Gasteiger partial charge in [0.25, 0.3) is 0 Å². The average molecular weight is 283 g/mol. The van der Waals surface area contributed by atoms with Gasteiger partial charge in [-0.2, -0.15) is 0 Å². The number of nitrogen functional groups attached to an aromatic ring is 1. The molecule has 0 saturated heterocycles. The van der Waals surface area contributed by atoms with Crippen molar-refractivity contribution < 1.29 is 14.3 Å². The number of amides is 3. The minimum atomic E-state index is -0.514. The first-order valence-corrected chi connectivity index (χ1v) is 6.65. The Labute approximate surface area is 116 Å². The van der Waals surface area contributed by atoms with Crippen LogP contribution in [-0.4, -0.2) is 38.0 Å². The lowest BCUT2D eigenvalue weighted by molar-refractivity contribution is -0.117. The van der Waals surface area contributed by atoms with E-state index in [1.165, 1.54) is 18.9 Å². The van der Waals surface area contributed by atoms with Crippen LogP contribution in [0, 0.1) is 0 Å². The minimum Gasteiger partial charge on any atom is -0.399 e. The van der Waals surface area contributed by atoms with Crippen molar-refractivity contribution in [2.24, 2.45) is 0 Å². The van der Waals surface area contributed by atoms with Gasteiger partial charge in [0.1, 0.15) is 0 Å². The number of benzene rings is 1. The zero-order valence-electron chi connectivity index (χ0n) is 10.6. The number of nitrogens with two attached hydrogens (primary N) is 1. The number of methoxy groups -OCH3 is 1. The Kier molecular flexibility index (Phi) is 6.76. The molecule has 3 amide bonds. The van der Waals surface area contributed by atoms with Crippen LogP contribution in [0.2, 0.25) is 0 Å². The van der Waals surface area contributed by atoms with E-state index in [1.807, 2.05) is 12.1 Å². The number of rotatable bonds is 6. The van der Waals surface area contributed by atoms with Crippen molar-refractivity contribution in [1.29, 1.82) is 0 Å². The molecule has 104 valence electrons. The van der Waals surface area contributed by atoms with Crippen LogP contribution in [0.25, 0.3) is 0 Å². The second-order valence-electron chi connectivity index (χ2n) is 3.65. The van der Waals surface area contributed by atoms with E-state index in [1.54, 1.807) is 12.1 Å². The highest BCUT2D eigenvalue weighted by atomic mass is 32.2. The molecule has 1 rings (SSSR count). The molecular weight excluding hydrogens is 266 g/mol. The first-order valence-electron chi connectivity index (χ1n) is 5.67. The van der Waals surface area contributed by atoms with Gasteiger partial charge in [-0.1, -0.05) is 0 Å². The Morgan fingerprint density at radius 1 is 1.32 bits per heavy atom. The largest absolute Gasteiger partial charge is 0.399 e. The zero-order chi connectivity index (χ0) is 14.1. The van der Waals surface area contributed by atoms with E-state index in [2.05, 4.69) is 10.6 Å². The maximum atomic E-state index is 11.5. The number of nitrogens with one attached hydrogen (secondary N) is 2. The molecule has 0 aliphatic heterocycles. The van der Waals surface area contributed by atoms with Gasteiger partial charge in [0, 0.05) is 24.2 Å². The highest BCUT2D eigenvalue weighted by molar-refractivity contribution is 8.00. The van der Waals surface area contributed by atoms with Crippen molar-refractivity contribution >= 4 is 29.4 Å². The molecule has 7 heteroatoms. The topological polar surface area (TPSA) is 93.5 Å². The number of imide groups is 1. The second-order valence-corrected chi connectivity index (χ2v) is 4.70. The molecule has 0 aliphatic rings. The van der Waals surface area contributed by atoms with Crippen molar-refractivity contribution in [3.05, 3.63) is 24.3 Å². The van der Waals surface area contributed by atoms with Crippen LogP contribution < -0.4 is 16.4 Å². The Hall–Kier alpha value is -1.73.